The average Bonchev–Trinajstić information content (AvgIpc) is 3.21. The number of halogens is 5. The minimum atomic E-state index is -4.78. The van der Waals surface area contributed by atoms with Gasteiger partial charge in [-0.05, 0) is 61.1 Å². The number of benzene rings is 1. The zero-order chi connectivity index (χ0) is 25.5. The molecule has 12 heteroatoms. The van der Waals surface area contributed by atoms with Gasteiger partial charge < -0.3 is 10.2 Å². The second-order valence-electron chi connectivity index (χ2n) is 9.03. The smallest absolute Gasteiger partial charge is 0.380 e. The summed E-state index contributed by atoms with van der Waals surface area (Å²) in [5.41, 5.74) is 1.33. The van der Waals surface area contributed by atoms with Gasteiger partial charge in [-0.15, -0.1) is 0 Å². The van der Waals surface area contributed by atoms with Gasteiger partial charge >= 0.3 is 6.18 Å². The number of anilines is 1. The van der Waals surface area contributed by atoms with E-state index >= 15 is 0 Å². The molecule has 1 fully saturated rings. The highest BCUT2D eigenvalue weighted by Gasteiger charge is 2.47. The molecule has 1 amide bonds. The topological polar surface area (TPSA) is 79.4 Å². The summed E-state index contributed by atoms with van der Waals surface area (Å²) >= 11 is 6.16. The number of nitrogens with one attached hydrogen (secondary N) is 1. The van der Waals surface area contributed by atoms with E-state index in [0.717, 1.165) is 7.05 Å². The molecular formula is C23H24ClF4N3O3S. The zero-order valence-corrected chi connectivity index (χ0v) is 20.4. The molecule has 2 heterocycles. The van der Waals surface area contributed by atoms with Gasteiger partial charge in [0.2, 0.25) is 5.91 Å². The summed E-state index contributed by atoms with van der Waals surface area (Å²) in [6, 6.07) is 2.97. The van der Waals surface area contributed by atoms with E-state index in [1.165, 1.54) is 30.5 Å². The Morgan fingerprint density at radius 3 is 2.37 bits per heavy atom. The van der Waals surface area contributed by atoms with Gasteiger partial charge in [0.25, 0.3) is 0 Å². The molecule has 2 aromatic rings. The van der Waals surface area contributed by atoms with Crippen molar-refractivity contribution in [1.29, 1.82) is 0 Å². The summed E-state index contributed by atoms with van der Waals surface area (Å²) in [6.07, 6.45) is -2.69. The van der Waals surface area contributed by atoms with Crippen molar-refractivity contribution in [1.82, 2.24) is 9.88 Å². The second kappa shape index (κ2) is 9.57. The number of aromatic nitrogens is 1. The largest absolute Gasteiger partial charge is 0.414 e. The van der Waals surface area contributed by atoms with Crippen LogP contribution >= 0.6 is 11.6 Å². The van der Waals surface area contributed by atoms with Crippen LogP contribution in [0.15, 0.2) is 30.5 Å². The van der Waals surface area contributed by atoms with E-state index in [-0.39, 0.29) is 41.9 Å². The van der Waals surface area contributed by atoms with Crippen LogP contribution in [0.4, 0.5) is 23.2 Å². The van der Waals surface area contributed by atoms with E-state index in [9.17, 15) is 30.8 Å². The number of carbonyl (C=O) groups is 1. The van der Waals surface area contributed by atoms with Gasteiger partial charge in [-0.2, -0.15) is 13.2 Å². The van der Waals surface area contributed by atoms with Crippen molar-refractivity contribution >= 4 is 33.0 Å². The van der Waals surface area contributed by atoms with Crippen molar-refractivity contribution in [2.75, 3.05) is 23.9 Å². The minimum absolute atomic E-state index is 0.000752. The molecule has 1 aliphatic carbocycles. The molecule has 6 nitrogen and oxygen atoms in total. The van der Waals surface area contributed by atoms with Crippen LogP contribution in [0.1, 0.15) is 35.7 Å². The molecule has 0 saturated carbocycles. The van der Waals surface area contributed by atoms with E-state index in [0.29, 0.717) is 39.6 Å². The van der Waals surface area contributed by atoms with E-state index in [1.807, 2.05) is 0 Å². The third kappa shape index (κ3) is 5.55. The van der Waals surface area contributed by atoms with E-state index in [1.54, 1.807) is 0 Å². The highest BCUT2D eigenvalue weighted by Crippen LogP contribution is 2.38. The van der Waals surface area contributed by atoms with Gasteiger partial charge in [-0.25, -0.2) is 12.8 Å². The van der Waals surface area contributed by atoms with Gasteiger partial charge in [0.05, 0.1) is 29.1 Å². The molecule has 4 rings (SSSR count). The summed E-state index contributed by atoms with van der Waals surface area (Å²) in [7, 11) is -2.19. The number of hydrogen-bond acceptors (Lipinski definition) is 5. The lowest BCUT2D eigenvalue weighted by atomic mass is 9.99. The molecule has 1 aromatic heterocycles. The lowest BCUT2D eigenvalue weighted by Gasteiger charge is -2.33. The monoisotopic (exact) mass is 533 g/mol. The fourth-order valence-electron chi connectivity index (χ4n) is 4.77. The molecule has 190 valence electrons. The number of nitrogens with zero attached hydrogens (tertiary/aromatic N) is 2. The molecule has 1 N–H and O–H groups in total. The van der Waals surface area contributed by atoms with Crippen LogP contribution < -0.4 is 5.32 Å². The summed E-state index contributed by atoms with van der Waals surface area (Å²) in [4.78, 5) is 17.4. The Balaban J connectivity index is 1.47. The Bertz CT molecular complexity index is 1180. The Morgan fingerprint density at radius 2 is 1.80 bits per heavy atom. The Hall–Kier alpha value is -2.40. The van der Waals surface area contributed by atoms with Crippen molar-refractivity contribution in [2.45, 2.75) is 43.9 Å². The number of amides is 1. The van der Waals surface area contributed by atoms with Crippen LogP contribution in [0, 0.1) is 11.7 Å². The number of hydrogen-bond donors (Lipinski definition) is 1. The summed E-state index contributed by atoms with van der Waals surface area (Å²) in [5, 5.41) is 3.62. The Labute approximate surface area is 205 Å². The predicted molar refractivity (Wildman–Crippen MR) is 123 cm³/mol. The van der Waals surface area contributed by atoms with Crippen molar-refractivity contribution in [3.8, 4) is 0 Å². The average molecular weight is 534 g/mol. The zero-order valence-electron chi connectivity index (χ0n) is 18.8. The van der Waals surface area contributed by atoms with Crippen molar-refractivity contribution < 1.29 is 30.8 Å². The maximum absolute atomic E-state index is 14.1. The number of sulfone groups is 1. The second-order valence-corrected chi connectivity index (χ2v) is 11.7. The summed E-state index contributed by atoms with van der Waals surface area (Å²) in [6.45, 7) is 0. The number of alkyl halides is 3. The lowest BCUT2D eigenvalue weighted by molar-refractivity contribution is -0.191. The first kappa shape index (κ1) is 25.7. The molecule has 35 heavy (non-hydrogen) atoms. The van der Waals surface area contributed by atoms with Gasteiger partial charge in [-0.3, -0.25) is 9.78 Å². The summed E-state index contributed by atoms with van der Waals surface area (Å²) < 4.78 is 79.2. The van der Waals surface area contributed by atoms with E-state index in [2.05, 4.69) is 10.3 Å². The number of carbonyl (C=O) groups excluding carboxylic acids is 1. The normalized spacial score (nSPS) is 20.8. The maximum Gasteiger partial charge on any atom is 0.414 e. The predicted octanol–water partition coefficient (Wildman–Crippen LogP) is 4.34. The lowest BCUT2D eigenvalue weighted by Crippen LogP contribution is -2.44. The molecule has 2 unspecified atom stereocenters. The highest BCUT2D eigenvalue weighted by molar-refractivity contribution is 7.91. The quantitative estimate of drug-likeness (QED) is 0.578. The summed E-state index contributed by atoms with van der Waals surface area (Å²) in [5.74, 6) is -2.32. The number of rotatable bonds is 5. The van der Waals surface area contributed by atoms with Crippen LogP contribution in [0.2, 0.25) is 5.02 Å². The first-order valence-corrected chi connectivity index (χ1v) is 13.3. The van der Waals surface area contributed by atoms with Crippen molar-refractivity contribution in [3.63, 3.8) is 0 Å². The molecule has 1 aliphatic heterocycles. The Kier molecular flexibility index (Phi) is 7.02. The van der Waals surface area contributed by atoms with Crippen molar-refractivity contribution in [3.05, 3.63) is 58.1 Å². The van der Waals surface area contributed by atoms with Crippen LogP contribution in [-0.2, 0) is 27.5 Å². The molecule has 2 atom stereocenters. The molecular weight excluding hydrogens is 510 g/mol. The Morgan fingerprint density at radius 1 is 1.14 bits per heavy atom. The molecule has 1 saturated heterocycles. The maximum atomic E-state index is 14.1. The van der Waals surface area contributed by atoms with Gasteiger partial charge in [0.15, 0.2) is 6.04 Å². The third-order valence-corrected chi connectivity index (χ3v) is 8.67. The molecule has 0 radical (unpaired) electrons. The third-order valence-electron chi connectivity index (χ3n) is 6.60. The fourth-order valence-corrected chi connectivity index (χ4v) is 6.52. The molecule has 1 aromatic carbocycles. The standard InChI is InChI=1S/C23H24ClF4N3O3S/c1-31(22(32)13-6-8-35(33,34)9-7-13)21(23(26,27)28)20-5-2-14(12-29-20)30-15-10-16-17(11-15)19(25)4-3-18(16)24/h2-5,12-13,15,21,30H,6-11H2,1H3. The first-order chi connectivity index (χ1) is 16.4. The van der Waals surface area contributed by atoms with Crippen LogP contribution in [0.3, 0.4) is 0 Å². The van der Waals surface area contributed by atoms with E-state index < -0.39 is 33.9 Å². The van der Waals surface area contributed by atoms with Gasteiger partial charge in [0.1, 0.15) is 15.7 Å². The SMILES string of the molecule is CN(C(=O)C1CCS(=O)(=O)CC1)C(c1ccc(NC2Cc3c(F)ccc(Cl)c3C2)cn1)C(F)(F)F. The minimum Gasteiger partial charge on any atom is -0.380 e. The number of fused-ring (bicyclic) bond motifs is 1. The molecule has 2 aliphatic rings. The molecule has 0 spiro atoms. The van der Waals surface area contributed by atoms with Crippen LogP contribution in [-0.4, -0.2) is 55.0 Å². The van der Waals surface area contributed by atoms with E-state index in [4.69, 9.17) is 11.6 Å². The van der Waals surface area contributed by atoms with Crippen LogP contribution in [0.5, 0.6) is 0 Å². The van der Waals surface area contributed by atoms with Gasteiger partial charge in [-0.1, -0.05) is 11.6 Å². The fraction of sp³-hybridized carbons (Fsp3) is 0.478. The van der Waals surface area contributed by atoms with Gasteiger partial charge in [0, 0.05) is 24.0 Å². The first-order valence-electron chi connectivity index (χ1n) is 11.1. The highest BCUT2D eigenvalue weighted by atomic mass is 35.5. The van der Waals surface area contributed by atoms with Crippen molar-refractivity contribution in [2.24, 2.45) is 5.92 Å². The van der Waals surface area contributed by atoms with Crippen LogP contribution in [0.25, 0.3) is 0 Å². The number of pyridine rings is 1. The molecule has 0 bridgehead atoms.